The highest BCUT2D eigenvalue weighted by Gasteiger charge is 2.41. The topological polar surface area (TPSA) is 78.3 Å². The first kappa shape index (κ1) is 22.7. The number of ketones is 1. The second-order valence-corrected chi connectivity index (χ2v) is 10.5. The fraction of sp³-hybridized carbons (Fsp3) is 0.346. The van der Waals surface area contributed by atoms with Gasteiger partial charge >= 0.3 is 0 Å². The molecule has 0 amide bonds. The van der Waals surface area contributed by atoms with E-state index in [1.165, 1.54) is 11.9 Å². The lowest BCUT2D eigenvalue weighted by Crippen LogP contribution is -2.36. The lowest BCUT2D eigenvalue weighted by atomic mass is 9.73. The number of rotatable bonds is 5. The van der Waals surface area contributed by atoms with E-state index >= 15 is 0 Å². The van der Waals surface area contributed by atoms with Crippen LogP contribution in [-0.4, -0.2) is 27.7 Å². The first-order valence-corrected chi connectivity index (χ1v) is 12.0. The summed E-state index contributed by atoms with van der Waals surface area (Å²) in [6.07, 6.45) is 2.77. The van der Waals surface area contributed by atoms with Gasteiger partial charge in [0.05, 0.1) is 11.6 Å². The van der Waals surface area contributed by atoms with Crippen molar-refractivity contribution in [1.82, 2.24) is 14.8 Å². The third-order valence-electron chi connectivity index (χ3n) is 6.47. The molecule has 0 bridgehead atoms. The summed E-state index contributed by atoms with van der Waals surface area (Å²) >= 11 is 3.68. The highest BCUT2D eigenvalue weighted by molar-refractivity contribution is 9.10. The van der Waals surface area contributed by atoms with Gasteiger partial charge in [-0.15, -0.1) is 0 Å². The Hall–Kier alpha value is -3.13. The van der Waals surface area contributed by atoms with Crippen LogP contribution in [0.5, 0.6) is 11.5 Å². The zero-order valence-electron chi connectivity index (χ0n) is 19.7. The molecule has 1 atom stereocenters. The maximum absolute atomic E-state index is 13.3. The van der Waals surface area contributed by atoms with Gasteiger partial charge in [0.15, 0.2) is 17.3 Å². The molecule has 2 aliphatic rings. The standard InChI is InChI=1S/C26H27BrN4O3/c1-15-7-5-6-8-16(15)13-34-24-18(27)9-17(10-21(24)33-4)23-22-19(11-26(2,3)12-20(22)32)30-25-28-14-29-31(23)25/h5-10,14,23H,11-13H2,1-4H3,(H,28,29,30). The Balaban J connectivity index is 1.55. The second kappa shape index (κ2) is 8.58. The molecule has 2 heterocycles. The fourth-order valence-corrected chi connectivity index (χ4v) is 5.39. The number of fused-ring (bicyclic) bond motifs is 1. The molecule has 1 unspecified atom stereocenters. The number of carbonyl (C=O) groups is 1. The highest BCUT2D eigenvalue weighted by Crippen LogP contribution is 2.47. The van der Waals surface area contributed by atoms with E-state index in [9.17, 15) is 4.79 Å². The number of allylic oxidation sites excluding steroid dienone is 2. The van der Waals surface area contributed by atoms with E-state index in [-0.39, 0.29) is 11.2 Å². The van der Waals surface area contributed by atoms with Gasteiger partial charge < -0.3 is 14.8 Å². The Labute approximate surface area is 207 Å². The quantitative estimate of drug-likeness (QED) is 0.470. The summed E-state index contributed by atoms with van der Waals surface area (Å²) in [5, 5.41) is 7.78. The van der Waals surface area contributed by atoms with Crippen molar-refractivity contribution in [2.45, 2.75) is 46.3 Å². The Morgan fingerprint density at radius 3 is 2.79 bits per heavy atom. The molecule has 0 spiro atoms. The number of aromatic nitrogens is 3. The molecule has 7 nitrogen and oxygen atoms in total. The molecule has 176 valence electrons. The maximum Gasteiger partial charge on any atom is 0.226 e. The number of nitrogens with one attached hydrogen (secondary N) is 1. The number of nitrogens with zero attached hydrogens (tertiary/aromatic N) is 3. The van der Waals surface area contributed by atoms with Crippen molar-refractivity contribution in [1.29, 1.82) is 0 Å². The summed E-state index contributed by atoms with van der Waals surface area (Å²) < 4.78 is 14.4. The van der Waals surface area contributed by atoms with Crippen molar-refractivity contribution >= 4 is 27.7 Å². The zero-order valence-corrected chi connectivity index (χ0v) is 21.3. The van der Waals surface area contributed by atoms with Gasteiger partial charge in [0.2, 0.25) is 5.95 Å². The Morgan fingerprint density at radius 1 is 1.24 bits per heavy atom. The summed E-state index contributed by atoms with van der Waals surface area (Å²) in [7, 11) is 1.62. The molecule has 8 heteroatoms. The molecule has 0 fully saturated rings. The third kappa shape index (κ3) is 4.00. The van der Waals surface area contributed by atoms with Crippen LogP contribution in [0, 0.1) is 12.3 Å². The molecule has 1 aliphatic carbocycles. The van der Waals surface area contributed by atoms with Crippen molar-refractivity contribution in [2.75, 3.05) is 12.4 Å². The van der Waals surface area contributed by atoms with Crippen LogP contribution in [0.1, 0.15) is 49.4 Å². The van der Waals surface area contributed by atoms with E-state index in [2.05, 4.69) is 64.2 Å². The van der Waals surface area contributed by atoms with Gasteiger partial charge in [0.25, 0.3) is 0 Å². The summed E-state index contributed by atoms with van der Waals surface area (Å²) in [6, 6.07) is 11.6. The van der Waals surface area contributed by atoms with Crippen LogP contribution in [0.2, 0.25) is 0 Å². The Bertz CT molecular complexity index is 1310. The van der Waals surface area contributed by atoms with Crippen LogP contribution < -0.4 is 14.8 Å². The lowest BCUT2D eigenvalue weighted by Gasteiger charge is -2.38. The number of carbonyl (C=O) groups excluding carboxylic acids is 1. The van der Waals surface area contributed by atoms with Crippen molar-refractivity contribution in [3.05, 3.63) is 75.2 Å². The SMILES string of the molecule is COc1cc(C2C3=C(CC(C)(C)CC3=O)Nc3ncnn32)cc(Br)c1OCc1ccccc1C. The molecule has 34 heavy (non-hydrogen) atoms. The number of hydrogen-bond acceptors (Lipinski definition) is 6. The zero-order chi connectivity index (χ0) is 24.0. The van der Waals surface area contributed by atoms with Gasteiger partial charge in [0.1, 0.15) is 19.0 Å². The number of Topliss-reactive ketones (excluding diaryl/α,β-unsaturated/α-hetero) is 1. The van der Waals surface area contributed by atoms with Crippen LogP contribution in [0.25, 0.3) is 0 Å². The predicted octanol–water partition coefficient (Wildman–Crippen LogP) is 5.59. The van der Waals surface area contributed by atoms with Gasteiger partial charge in [-0.1, -0.05) is 38.1 Å². The van der Waals surface area contributed by atoms with Gasteiger partial charge in [-0.25, -0.2) is 4.68 Å². The average molecular weight is 523 g/mol. The molecule has 0 radical (unpaired) electrons. The number of hydrogen-bond donors (Lipinski definition) is 1. The summed E-state index contributed by atoms with van der Waals surface area (Å²) in [5.41, 5.74) is 4.70. The number of aryl methyl sites for hydroxylation is 1. The van der Waals surface area contributed by atoms with Crippen LogP contribution in [0.4, 0.5) is 5.95 Å². The number of halogens is 1. The van der Waals surface area contributed by atoms with E-state index < -0.39 is 6.04 Å². The van der Waals surface area contributed by atoms with Crippen LogP contribution in [0.3, 0.4) is 0 Å². The van der Waals surface area contributed by atoms with Gasteiger partial charge in [-0.05, 0) is 63.5 Å². The van der Waals surface area contributed by atoms with Crippen LogP contribution >= 0.6 is 15.9 Å². The largest absolute Gasteiger partial charge is 0.493 e. The number of benzene rings is 2. The molecule has 0 saturated carbocycles. The maximum atomic E-state index is 13.3. The average Bonchev–Trinajstić information content (AvgIpc) is 3.24. The van der Waals surface area contributed by atoms with Gasteiger partial charge in [-0.3, -0.25) is 4.79 Å². The molecule has 3 aromatic rings. The molecule has 2 aromatic carbocycles. The number of anilines is 1. The third-order valence-corrected chi connectivity index (χ3v) is 7.06. The Kier molecular flexibility index (Phi) is 5.72. The predicted molar refractivity (Wildman–Crippen MR) is 133 cm³/mol. The molecular formula is C26H27BrN4O3. The first-order chi connectivity index (χ1) is 16.3. The minimum Gasteiger partial charge on any atom is -0.493 e. The van der Waals surface area contributed by atoms with E-state index in [0.717, 1.165) is 33.3 Å². The smallest absolute Gasteiger partial charge is 0.226 e. The molecule has 5 rings (SSSR count). The van der Waals surface area contributed by atoms with E-state index in [4.69, 9.17) is 9.47 Å². The Morgan fingerprint density at radius 2 is 2.03 bits per heavy atom. The monoisotopic (exact) mass is 522 g/mol. The van der Waals surface area contributed by atoms with E-state index in [1.54, 1.807) is 11.8 Å². The number of methoxy groups -OCH3 is 1. The minimum atomic E-state index is -0.395. The number of ether oxygens (including phenoxy) is 2. The molecule has 0 saturated heterocycles. The minimum absolute atomic E-state index is 0.110. The summed E-state index contributed by atoms with van der Waals surface area (Å²) in [4.78, 5) is 17.7. The lowest BCUT2D eigenvalue weighted by molar-refractivity contribution is -0.118. The molecule has 1 aromatic heterocycles. The summed E-state index contributed by atoms with van der Waals surface area (Å²) in [6.45, 7) is 6.72. The highest BCUT2D eigenvalue weighted by atomic mass is 79.9. The second-order valence-electron chi connectivity index (χ2n) is 9.64. The first-order valence-electron chi connectivity index (χ1n) is 11.2. The van der Waals surface area contributed by atoms with E-state index in [0.29, 0.717) is 30.5 Å². The van der Waals surface area contributed by atoms with E-state index in [1.807, 2.05) is 24.3 Å². The molecule has 1 N–H and O–H groups in total. The molecular weight excluding hydrogens is 496 g/mol. The molecule has 1 aliphatic heterocycles. The van der Waals surface area contributed by atoms with Crippen LogP contribution in [0.15, 0.2) is 58.5 Å². The van der Waals surface area contributed by atoms with Gasteiger partial charge in [-0.2, -0.15) is 10.1 Å². The fourth-order valence-electron chi connectivity index (χ4n) is 4.82. The van der Waals surface area contributed by atoms with Crippen molar-refractivity contribution in [3.63, 3.8) is 0 Å². The van der Waals surface area contributed by atoms with Crippen molar-refractivity contribution in [3.8, 4) is 11.5 Å². The summed E-state index contributed by atoms with van der Waals surface area (Å²) in [5.74, 6) is 1.96. The van der Waals surface area contributed by atoms with Crippen molar-refractivity contribution in [2.24, 2.45) is 5.41 Å². The van der Waals surface area contributed by atoms with Gasteiger partial charge in [0, 0.05) is 17.7 Å². The normalized spacial score (nSPS) is 18.7. The van der Waals surface area contributed by atoms with Crippen molar-refractivity contribution < 1.29 is 14.3 Å². The van der Waals surface area contributed by atoms with Crippen LogP contribution in [-0.2, 0) is 11.4 Å².